The Morgan fingerprint density at radius 3 is 2.28 bits per heavy atom. The number of ether oxygens (including phenoxy) is 1. The van der Waals surface area contributed by atoms with Crippen molar-refractivity contribution in [3.63, 3.8) is 0 Å². The molecule has 0 spiro atoms. The molecule has 154 valence electrons. The average molecular weight is 437 g/mol. The highest BCUT2D eigenvalue weighted by Gasteiger charge is 2.33. The molecule has 0 unspecified atom stereocenters. The van der Waals surface area contributed by atoms with Gasteiger partial charge in [0.05, 0.1) is 23.4 Å². The van der Waals surface area contributed by atoms with E-state index in [0.29, 0.717) is 45.1 Å². The predicted molar refractivity (Wildman–Crippen MR) is 137 cm³/mol. The molecule has 2 atom stereocenters. The van der Waals surface area contributed by atoms with E-state index in [4.69, 9.17) is 55.6 Å². The van der Waals surface area contributed by atoms with Crippen molar-refractivity contribution in [2.45, 2.75) is 32.0 Å². The number of methoxy groups -OCH3 is 1. The van der Waals surface area contributed by atoms with E-state index in [1.54, 1.807) is 19.2 Å². The van der Waals surface area contributed by atoms with Crippen LogP contribution in [0.3, 0.4) is 0 Å². The summed E-state index contributed by atoms with van der Waals surface area (Å²) in [5.41, 5.74) is 3.02. The lowest BCUT2D eigenvalue weighted by Crippen LogP contribution is -2.57. The summed E-state index contributed by atoms with van der Waals surface area (Å²) in [7, 11) is 33.5. The number of anilines is 1. The van der Waals surface area contributed by atoms with Gasteiger partial charge in [0, 0.05) is 38.3 Å². The maximum atomic E-state index is 13.0. The van der Waals surface area contributed by atoms with Gasteiger partial charge in [0.2, 0.25) is 0 Å². The molecule has 1 heterocycles. The molecule has 2 aromatic carbocycles. The lowest BCUT2D eigenvalue weighted by Gasteiger charge is -2.29. The molecule has 2 aromatic rings. The maximum absolute atomic E-state index is 13.0. The van der Waals surface area contributed by atoms with Gasteiger partial charge in [-0.2, -0.15) is 0 Å². The molecule has 10 radical (unpaired) electrons. The fourth-order valence-electron chi connectivity index (χ4n) is 4.04. The zero-order chi connectivity index (χ0) is 23.7. The average Bonchev–Trinajstić information content (AvgIpc) is 3.12. The maximum Gasteiger partial charge on any atom is 0.255 e. The van der Waals surface area contributed by atoms with E-state index in [0.717, 1.165) is 13.0 Å². The first-order chi connectivity index (χ1) is 15.1. The fourth-order valence-corrected chi connectivity index (χ4v) is 4.29. The van der Waals surface area contributed by atoms with E-state index in [9.17, 15) is 4.79 Å². The molecule has 1 saturated heterocycles. The van der Waals surface area contributed by atoms with E-state index in [1.165, 1.54) is 7.11 Å². The van der Waals surface area contributed by atoms with Crippen LogP contribution in [0.4, 0.5) is 5.69 Å². The van der Waals surface area contributed by atoms with Crippen molar-refractivity contribution in [1.29, 1.82) is 0 Å². The number of nitrogens with zero attached hydrogens (tertiary/aromatic N) is 1. The SMILES string of the molecule is [B]c1c([B])c([B])c(CN2CC[C@H](NC(=O)c3cc(Cl)c(NC)cc3OC)[C@@H]2C)c([B])c1[B]. The van der Waals surface area contributed by atoms with Gasteiger partial charge in [0.25, 0.3) is 5.91 Å². The Kier molecular flexibility index (Phi) is 7.67. The minimum absolute atomic E-state index is 0.0100. The summed E-state index contributed by atoms with van der Waals surface area (Å²) in [6, 6.07) is 3.21. The molecule has 1 amide bonds. The summed E-state index contributed by atoms with van der Waals surface area (Å²) >= 11 is 6.27. The van der Waals surface area contributed by atoms with Gasteiger partial charge in [-0.05, 0) is 25.0 Å². The van der Waals surface area contributed by atoms with Crippen molar-refractivity contribution in [3.8, 4) is 5.75 Å². The first-order valence-corrected chi connectivity index (χ1v) is 10.6. The summed E-state index contributed by atoms with van der Waals surface area (Å²) in [5.74, 6) is 0.178. The van der Waals surface area contributed by atoms with Gasteiger partial charge in [0.15, 0.2) is 0 Å². The third-order valence-electron chi connectivity index (χ3n) is 6.18. The van der Waals surface area contributed by atoms with Gasteiger partial charge in [-0.15, -0.1) is 27.3 Å². The van der Waals surface area contributed by atoms with Crippen LogP contribution in [0.1, 0.15) is 29.3 Å². The number of carbonyl (C=O) groups excluding carboxylic acids is 1. The minimum Gasteiger partial charge on any atom is -0.496 e. The number of nitrogens with one attached hydrogen (secondary N) is 2. The minimum atomic E-state index is -0.259. The van der Waals surface area contributed by atoms with Crippen LogP contribution < -0.4 is 42.7 Å². The molecule has 32 heavy (non-hydrogen) atoms. The summed E-state index contributed by atoms with van der Waals surface area (Å²) in [5, 5.41) is 6.49. The number of benzene rings is 2. The van der Waals surface area contributed by atoms with Crippen molar-refractivity contribution in [1.82, 2.24) is 10.2 Å². The summed E-state index contributed by atoms with van der Waals surface area (Å²) in [6.45, 7) is 3.19. The van der Waals surface area contributed by atoms with Crippen LogP contribution in [0.15, 0.2) is 12.1 Å². The van der Waals surface area contributed by atoms with Crippen LogP contribution in [0.25, 0.3) is 0 Å². The van der Waals surface area contributed by atoms with Gasteiger partial charge in [-0.25, -0.2) is 0 Å². The topological polar surface area (TPSA) is 53.6 Å². The van der Waals surface area contributed by atoms with E-state index < -0.39 is 0 Å². The molecule has 0 aliphatic carbocycles. The van der Waals surface area contributed by atoms with E-state index in [1.807, 2.05) is 6.92 Å². The van der Waals surface area contributed by atoms with Crippen LogP contribution in [-0.2, 0) is 6.54 Å². The summed E-state index contributed by atoms with van der Waals surface area (Å²) in [4.78, 5) is 15.2. The van der Waals surface area contributed by atoms with Gasteiger partial charge in [-0.1, -0.05) is 11.6 Å². The molecule has 1 aliphatic rings. The standard InChI is InChI=1S/C21H21B5ClN3O2/c1-9-13(29-21(31)10-6-12(27)14(28-2)7-15(10)32-3)4-5-30(9)8-11-16(22)18(24)20(26)19(25)17(11)23/h6-7,9,13,28H,4-5,8H2,1-3H3,(H,29,31)/t9-,13-/m0/s1. The zero-order valence-corrected chi connectivity index (χ0v) is 19.2. The number of carbonyl (C=O) groups is 1. The largest absolute Gasteiger partial charge is 0.496 e. The molecule has 0 aromatic heterocycles. The Labute approximate surface area is 201 Å². The van der Waals surface area contributed by atoms with Crippen LogP contribution in [0, 0.1) is 0 Å². The highest BCUT2D eigenvalue weighted by atomic mass is 35.5. The van der Waals surface area contributed by atoms with E-state index in [2.05, 4.69) is 15.5 Å². The number of halogens is 1. The summed E-state index contributed by atoms with van der Waals surface area (Å²) < 4.78 is 5.38. The Morgan fingerprint density at radius 1 is 1.12 bits per heavy atom. The number of rotatable bonds is 6. The first-order valence-electron chi connectivity index (χ1n) is 10.2. The predicted octanol–water partition coefficient (Wildman–Crippen LogP) is -2.25. The Balaban J connectivity index is 1.77. The molecule has 11 heteroatoms. The molecular weight excluding hydrogens is 416 g/mol. The van der Waals surface area contributed by atoms with Gasteiger partial charge >= 0.3 is 0 Å². The second kappa shape index (κ2) is 9.92. The molecule has 1 fully saturated rings. The molecule has 2 N–H and O–H groups in total. The van der Waals surface area contributed by atoms with Crippen molar-refractivity contribution in [2.24, 2.45) is 0 Å². The number of likely N-dealkylation sites (tertiary alicyclic amines) is 1. The van der Waals surface area contributed by atoms with Gasteiger partial charge in [-0.3, -0.25) is 9.69 Å². The summed E-state index contributed by atoms with van der Waals surface area (Å²) in [6.07, 6.45) is 0.747. The Hall–Kier alpha value is -1.92. The Morgan fingerprint density at radius 2 is 1.72 bits per heavy atom. The monoisotopic (exact) mass is 437 g/mol. The smallest absolute Gasteiger partial charge is 0.255 e. The van der Waals surface area contributed by atoms with E-state index in [-0.39, 0.29) is 34.4 Å². The lowest BCUT2D eigenvalue weighted by molar-refractivity contribution is 0.0924. The number of hydrogen-bond acceptors (Lipinski definition) is 4. The quantitative estimate of drug-likeness (QED) is 0.503. The van der Waals surface area contributed by atoms with Crippen LogP contribution in [0.5, 0.6) is 5.75 Å². The molecule has 0 saturated carbocycles. The van der Waals surface area contributed by atoms with Gasteiger partial charge in [0.1, 0.15) is 45.0 Å². The van der Waals surface area contributed by atoms with Crippen LogP contribution in [-0.4, -0.2) is 82.8 Å². The highest BCUT2D eigenvalue weighted by molar-refractivity contribution is 6.67. The normalized spacial score (nSPS) is 18.5. The molecule has 5 nitrogen and oxygen atoms in total. The highest BCUT2D eigenvalue weighted by Crippen LogP contribution is 2.31. The zero-order valence-electron chi connectivity index (χ0n) is 18.5. The first kappa shape index (κ1) is 24.7. The third kappa shape index (κ3) is 4.58. The molecule has 1 aliphatic heterocycles. The fraction of sp³-hybridized carbons (Fsp3) is 0.381. The van der Waals surface area contributed by atoms with Crippen molar-refractivity contribution in [3.05, 3.63) is 28.3 Å². The van der Waals surface area contributed by atoms with Crippen LogP contribution in [0.2, 0.25) is 5.02 Å². The Bertz CT molecular complexity index is 1020. The van der Waals surface area contributed by atoms with Crippen molar-refractivity contribution < 1.29 is 9.53 Å². The molecule has 0 bridgehead atoms. The molecular formula is C21H21B5ClN3O2. The van der Waals surface area contributed by atoms with Crippen molar-refractivity contribution >= 4 is 89.7 Å². The van der Waals surface area contributed by atoms with Crippen LogP contribution >= 0.6 is 11.6 Å². The molecule has 3 rings (SSSR count). The third-order valence-corrected chi connectivity index (χ3v) is 6.49. The second-order valence-electron chi connectivity index (χ2n) is 7.91. The second-order valence-corrected chi connectivity index (χ2v) is 8.32. The van der Waals surface area contributed by atoms with Gasteiger partial charge < -0.3 is 15.4 Å². The number of hydrogen-bond donors (Lipinski definition) is 2. The van der Waals surface area contributed by atoms with Crippen molar-refractivity contribution in [2.75, 3.05) is 26.0 Å². The van der Waals surface area contributed by atoms with E-state index >= 15 is 0 Å². The lowest BCUT2D eigenvalue weighted by atomic mass is 9.60. The number of amides is 1.